The largest absolute Gasteiger partial charge is 0.397 e. The quantitative estimate of drug-likeness (QED) is 0.177. The van der Waals surface area contributed by atoms with Gasteiger partial charge in [0.15, 0.2) is 0 Å². The summed E-state index contributed by atoms with van der Waals surface area (Å²) in [7, 11) is 0. The van der Waals surface area contributed by atoms with E-state index in [9.17, 15) is 9.59 Å². The molecule has 2 heterocycles. The van der Waals surface area contributed by atoms with Crippen molar-refractivity contribution in [3.05, 3.63) is 117 Å². The van der Waals surface area contributed by atoms with Gasteiger partial charge in [-0.15, -0.1) is 17.9 Å². The van der Waals surface area contributed by atoms with Gasteiger partial charge in [0.05, 0.1) is 16.9 Å². The van der Waals surface area contributed by atoms with Crippen LogP contribution in [-0.4, -0.2) is 23.3 Å². The molecule has 0 unspecified atom stereocenters. The Balaban J connectivity index is 1.70. The Bertz CT molecular complexity index is 1740. The number of hydrogen-bond acceptors (Lipinski definition) is 5. The summed E-state index contributed by atoms with van der Waals surface area (Å²) in [6, 6.07) is 23.8. The van der Waals surface area contributed by atoms with Gasteiger partial charge in [-0.2, -0.15) is 0 Å². The molecule has 5 aromatic rings. The zero-order valence-electron chi connectivity index (χ0n) is 21.4. The second kappa shape index (κ2) is 11.6. The van der Waals surface area contributed by atoms with Gasteiger partial charge in [-0.25, -0.2) is 4.98 Å². The van der Waals surface area contributed by atoms with Crippen LogP contribution in [0.15, 0.2) is 96.0 Å². The highest BCUT2D eigenvalue weighted by Gasteiger charge is 2.28. The number of pyridine rings is 1. The number of fused-ring (bicyclic) bond motifs is 1. The highest BCUT2D eigenvalue weighted by Crippen LogP contribution is 2.43. The number of aromatic nitrogens is 1. The summed E-state index contributed by atoms with van der Waals surface area (Å²) in [4.78, 5) is 34.9. The van der Waals surface area contributed by atoms with Crippen molar-refractivity contribution in [1.29, 1.82) is 0 Å². The zero-order valence-corrected chi connectivity index (χ0v) is 24.6. The topological polar surface area (TPSA) is 88.3 Å². The van der Waals surface area contributed by atoms with Gasteiger partial charge in [0.2, 0.25) is 0 Å². The van der Waals surface area contributed by atoms with Crippen LogP contribution in [0.25, 0.3) is 21.3 Å². The minimum absolute atomic E-state index is 0.266. The number of nitrogens with one attached hydrogen (secondary N) is 1. The summed E-state index contributed by atoms with van der Waals surface area (Å²) in [6.45, 7) is 5.90. The monoisotopic (exact) mass is 630 g/mol. The van der Waals surface area contributed by atoms with Crippen LogP contribution in [0.3, 0.4) is 0 Å². The summed E-state index contributed by atoms with van der Waals surface area (Å²) in [5.41, 5.74) is 10.6. The van der Waals surface area contributed by atoms with Gasteiger partial charge >= 0.3 is 0 Å². The number of nitrogens with two attached hydrogens (primary N) is 1. The van der Waals surface area contributed by atoms with Crippen LogP contribution in [-0.2, 0) is 0 Å². The number of halogens is 2. The fourth-order valence-corrected chi connectivity index (χ4v) is 5.99. The third-order valence-corrected chi connectivity index (χ3v) is 8.21. The summed E-state index contributed by atoms with van der Waals surface area (Å²) in [5.74, 6) is -0.610. The van der Waals surface area contributed by atoms with E-state index >= 15 is 0 Å². The molecule has 6 nitrogen and oxygen atoms in total. The molecule has 0 bridgehead atoms. The number of nitrogens with zero attached hydrogens (tertiary/aromatic N) is 2. The van der Waals surface area contributed by atoms with Crippen molar-refractivity contribution in [3.63, 3.8) is 0 Å². The van der Waals surface area contributed by atoms with E-state index in [2.05, 4.69) is 27.8 Å². The van der Waals surface area contributed by atoms with Gasteiger partial charge in [-0.3, -0.25) is 9.59 Å². The summed E-state index contributed by atoms with van der Waals surface area (Å²) in [5, 5.41) is 4.08. The van der Waals surface area contributed by atoms with E-state index in [1.54, 1.807) is 42.2 Å². The molecule has 9 heteroatoms. The predicted molar refractivity (Wildman–Crippen MR) is 170 cm³/mol. The number of amides is 2. The number of para-hydroxylation sites is 1. The second-order valence-corrected chi connectivity index (χ2v) is 11.3. The Morgan fingerprint density at radius 2 is 1.75 bits per heavy atom. The summed E-state index contributed by atoms with van der Waals surface area (Å²) >= 11 is 10.7. The molecule has 0 atom stereocenters. The molecule has 0 aliphatic carbocycles. The summed E-state index contributed by atoms with van der Waals surface area (Å²) < 4.78 is 0.891. The molecule has 0 radical (unpaired) electrons. The minimum atomic E-state index is -0.344. The van der Waals surface area contributed by atoms with Gasteiger partial charge < -0.3 is 16.0 Å². The third kappa shape index (κ3) is 5.38. The zero-order chi connectivity index (χ0) is 28.4. The van der Waals surface area contributed by atoms with Crippen LogP contribution in [0, 0.1) is 6.92 Å². The van der Waals surface area contributed by atoms with E-state index in [0.29, 0.717) is 49.2 Å². The van der Waals surface area contributed by atoms with Crippen LogP contribution in [0.1, 0.15) is 25.7 Å². The Labute approximate surface area is 249 Å². The molecule has 0 saturated carbocycles. The first-order chi connectivity index (χ1) is 19.3. The molecular formula is C31H24BrClN4O2S. The number of hydrogen-bond donors (Lipinski definition) is 2. The lowest BCUT2D eigenvalue weighted by Crippen LogP contribution is -2.30. The van der Waals surface area contributed by atoms with Crippen molar-refractivity contribution >= 4 is 78.0 Å². The smallest absolute Gasteiger partial charge is 0.270 e. The van der Waals surface area contributed by atoms with Crippen LogP contribution in [0.4, 0.5) is 17.1 Å². The van der Waals surface area contributed by atoms with Crippen LogP contribution < -0.4 is 16.0 Å². The van der Waals surface area contributed by atoms with Crippen molar-refractivity contribution in [1.82, 2.24) is 4.98 Å². The number of benzene rings is 3. The lowest BCUT2D eigenvalue weighted by atomic mass is 9.94. The molecule has 0 aliphatic heterocycles. The fraction of sp³-hybridized carbons (Fsp3) is 0.0645. The van der Waals surface area contributed by atoms with E-state index in [0.717, 1.165) is 15.7 Å². The fourth-order valence-electron chi connectivity index (χ4n) is 4.50. The van der Waals surface area contributed by atoms with Gasteiger partial charge in [-0.05, 0) is 61.0 Å². The maximum atomic E-state index is 13.9. The van der Waals surface area contributed by atoms with E-state index in [1.807, 2.05) is 54.6 Å². The first-order valence-corrected chi connectivity index (χ1v) is 14.3. The van der Waals surface area contributed by atoms with Crippen molar-refractivity contribution in [2.75, 3.05) is 22.5 Å². The molecule has 0 saturated heterocycles. The van der Waals surface area contributed by atoms with E-state index in [-0.39, 0.29) is 17.5 Å². The molecule has 3 N–H and O–H groups in total. The highest BCUT2D eigenvalue weighted by molar-refractivity contribution is 9.10. The van der Waals surface area contributed by atoms with E-state index < -0.39 is 0 Å². The number of carbonyl (C=O) groups is 2. The molecule has 2 aromatic heterocycles. The minimum Gasteiger partial charge on any atom is -0.397 e. The second-order valence-electron chi connectivity index (χ2n) is 8.98. The molecule has 40 heavy (non-hydrogen) atoms. The van der Waals surface area contributed by atoms with Crippen LogP contribution in [0.2, 0.25) is 5.02 Å². The van der Waals surface area contributed by atoms with Crippen LogP contribution in [0.5, 0.6) is 0 Å². The number of aryl methyl sites for hydroxylation is 1. The molecule has 0 fully saturated rings. The van der Waals surface area contributed by atoms with Crippen molar-refractivity contribution in [2.45, 2.75) is 6.92 Å². The first-order valence-electron chi connectivity index (χ1n) is 12.3. The Morgan fingerprint density at radius 1 is 1.07 bits per heavy atom. The molecule has 200 valence electrons. The predicted octanol–water partition coefficient (Wildman–Crippen LogP) is 8.35. The van der Waals surface area contributed by atoms with E-state index in [1.165, 1.54) is 11.3 Å². The molecule has 2 amide bonds. The lowest BCUT2D eigenvalue weighted by molar-refractivity contribution is 0.0992. The van der Waals surface area contributed by atoms with Crippen molar-refractivity contribution in [2.24, 2.45) is 0 Å². The molecule has 0 spiro atoms. The van der Waals surface area contributed by atoms with Crippen molar-refractivity contribution < 1.29 is 9.59 Å². The Morgan fingerprint density at radius 3 is 2.40 bits per heavy atom. The standard InChI is InChI=1S/C31H24BrClN4O2S/c1-3-17-37(23-7-5-4-6-8-23)31(39)28-27(34)26-25(19-9-11-20(32)12-10-19)24(18(2)35-30(26)40-28)29(38)36-22-15-13-21(33)14-16-22/h3-16H,1,17,34H2,2H3,(H,36,38). The number of rotatable bonds is 7. The SMILES string of the molecule is C=CCN(C(=O)c1sc2nc(C)c(C(=O)Nc3ccc(Cl)cc3)c(-c3ccc(Br)cc3)c2c1N)c1ccccc1. The molecule has 3 aromatic carbocycles. The number of nitrogen functional groups attached to an aromatic ring is 1. The lowest BCUT2D eigenvalue weighted by Gasteiger charge is -2.21. The maximum Gasteiger partial charge on any atom is 0.270 e. The normalized spacial score (nSPS) is 10.9. The van der Waals surface area contributed by atoms with E-state index in [4.69, 9.17) is 22.3 Å². The van der Waals surface area contributed by atoms with Crippen LogP contribution >= 0.6 is 38.9 Å². The van der Waals surface area contributed by atoms with Gasteiger partial charge in [0.25, 0.3) is 11.8 Å². The maximum absolute atomic E-state index is 13.9. The number of anilines is 3. The van der Waals surface area contributed by atoms with Gasteiger partial charge in [-0.1, -0.05) is 63.9 Å². The number of carbonyl (C=O) groups excluding carboxylic acids is 2. The molecule has 5 rings (SSSR count). The average molecular weight is 632 g/mol. The summed E-state index contributed by atoms with van der Waals surface area (Å²) in [6.07, 6.45) is 1.67. The average Bonchev–Trinajstić information content (AvgIpc) is 3.28. The Hall–Kier alpha value is -3.98. The first kappa shape index (κ1) is 27.6. The third-order valence-electron chi connectivity index (χ3n) is 6.34. The molecular weight excluding hydrogens is 608 g/mol. The van der Waals surface area contributed by atoms with Gasteiger partial charge in [0.1, 0.15) is 9.71 Å². The molecule has 0 aliphatic rings. The Kier molecular flexibility index (Phi) is 8.02. The van der Waals surface area contributed by atoms with Gasteiger partial charge in [0, 0.05) is 38.4 Å². The number of thiophene rings is 1. The highest BCUT2D eigenvalue weighted by atomic mass is 79.9. The van der Waals surface area contributed by atoms with Crippen molar-refractivity contribution in [3.8, 4) is 11.1 Å².